The average molecular weight is 225 g/mol. The molecule has 62 valence electrons. The summed E-state index contributed by atoms with van der Waals surface area (Å²) in [5, 5.41) is 0. The van der Waals surface area contributed by atoms with Crippen LogP contribution >= 0.6 is 15.9 Å². The van der Waals surface area contributed by atoms with Gasteiger partial charge in [-0.2, -0.15) is 0 Å². The molecule has 2 heteroatoms. The predicted octanol–water partition coefficient (Wildman–Crippen LogP) is 3.05. The molecule has 0 atom stereocenters. The second kappa shape index (κ2) is 4.21. The maximum Gasteiger partial charge on any atom is 0.152 e. The van der Waals surface area contributed by atoms with E-state index >= 15 is 0 Å². The summed E-state index contributed by atoms with van der Waals surface area (Å²) in [5.41, 5.74) is 1.04. The summed E-state index contributed by atoms with van der Waals surface area (Å²) >= 11 is 3.33. The zero-order valence-electron chi connectivity index (χ0n) is 6.75. The van der Waals surface area contributed by atoms with E-state index in [4.69, 9.17) is 0 Å². The highest BCUT2D eigenvalue weighted by molar-refractivity contribution is 9.10. The van der Waals surface area contributed by atoms with Gasteiger partial charge in [0, 0.05) is 4.47 Å². The van der Waals surface area contributed by atoms with Crippen molar-refractivity contribution in [3.05, 3.63) is 40.4 Å². The summed E-state index contributed by atoms with van der Waals surface area (Å²) < 4.78 is 1.04. The Balaban J connectivity index is 2.77. The normalized spacial score (nSPS) is 10.5. The van der Waals surface area contributed by atoms with Crippen molar-refractivity contribution >= 4 is 27.8 Å². The van der Waals surface area contributed by atoms with Crippen LogP contribution in [0.3, 0.4) is 0 Å². The largest absolute Gasteiger partial charge is 0.295 e. The Morgan fingerprint density at radius 3 is 2.42 bits per heavy atom. The first-order chi connectivity index (χ1) is 5.68. The van der Waals surface area contributed by atoms with Crippen LogP contribution in [-0.2, 0) is 4.79 Å². The minimum Gasteiger partial charge on any atom is -0.295 e. The fraction of sp³-hybridized carbons (Fsp3) is 0.100. The van der Waals surface area contributed by atoms with Gasteiger partial charge in [-0.05, 0) is 30.7 Å². The lowest BCUT2D eigenvalue weighted by atomic mass is 10.2. The topological polar surface area (TPSA) is 17.1 Å². The van der Waals surface area contributed by atoms with Gasteiger partial charge in [-0.3, -0.25) is 4.79 Å². The van der Waals surface area contributed by atoms with E-state index in [2.05, 4.69) is 15.9 Å². The molecule has 0 spiro atoms. The number of carbonyl (C=O) groups excluding carboxylic acids is 1. The summed E-state index contributed by atoms with van der Waals surface area (Å²) in [6, 6.07) is 7.78. The molecule has 0 N–H and O–H groups in total. The van der Waals surface area contributed by atoms with Crippen molar-refractivity contribution < 1.29 is 4.79 Å². The maximum absolute atomic E-state index is 10.6. The van der Waals surface area contributed by atoms with E-state index < -0.39 is 0 Å². The number of benzene rings is 1. The number of allylic oxidation sites excluding steroid dienone is 1. The molecule has 0 aliphatic rings. The Bertz CT molecular complexity index is 298. The van der Waals surface area contributed by atoms with Crippen molar-refractivity contribution in [1.82, 2.24) is 0 Å². The number of hydrogen-bond acceptors (Lipinski definition) is 1. The molecule has 0 bridgehead atoms. The summed E-state index contributed by atoms with van der Waals surface area (Å²) in [6.45, 7) is 1.54. The molecule has 0 amide bonds. The van der Waals surface area contributed by atoms with E-state index in [9.17, 15) is 4.79 Å². The third kappa shape index (κ3) is 3.01. The highest BCUT2D eigenvalue weighted by Gasteiger charge is 1.87. The number of ketones is 1. The minimum atomic E-state index is 0.0675. The second-order valence-corrected chi connectivity index (χ2v) is 3.41. The van der Waals surface area contributed by atoms with Crippen molar-refractivity contribution in [2.45, 2.75) is 6.92 Å². The van der Waals surface area contributed by atoms with Crippen molar-refractivity contribution in [1.29, 1.82) is 0 Å². The zero-order chi connectivity index (χ0) is 8.97. The van der Waals surface area contributed by atoms with Crippen LogP contribution in [0.4, 0.5) is 0 Å². The molecular weight excluding hydrogens is 216 g/mol. The van der Waals surface area contributed by atoms with Gasteiger partial charge in [-0.25, -0.2) is 0 Å². The molecule has 0 heterocycles. The fourth-order valence-corrected chi connectivity index (χ4v) is 1.05. The fourth-order valence-electron chi connectivity index (χ4n) is 0.787. The predicted molar refractivity (Wildman–Crippen MR) is 53.9 cm³/mol. The smallest absolute Gasteiger partial charge is 0.152 e. The molecule has 1 nitrogen and oxygen atoms in total. The van der Waals surface area contributed by atoms with Crippen LogP contribution in [-0.4, -0.2) is 5.78 Å². The minimum absolute atomic E-state index is 0.0675. The molecule has 0 aliphatic heterocycles. The summed E-state index contributed by atoms with van der Waals surface area (Å²) in [4.78, 5) is 10.6. The Morgan fingerprint density at radius 2 is 1.92 bits per heavy atom. The third-order valence-electron chi connectivity index (χ3n) is 1.38. The Hall–Kier alpha value is -0.890. The van der Waals surface area contributed by atoms with E-state index in [1.54, 1.807) is 12.2 Å². The monoisotopic (exact) mass is 224 g/mol. The van der Waals surface area contributed by atoms with Crippen LogP contribution in [0.5, 0.6) is 0 Å². The van der Waals surface area contributed by atoms with Gasteiger partial charge in [-0.15, -0.1) is 0 Å². The van der Waals surface area contributed by atoms with Gasteiger partial charge in [-0.1, -0.05) is 34.1 Å². The van der Waals surface area contributed by atoms with Gasteiger partial charge in [0.25, 0.3) is 0 Å². The van der Waals surface area contributed by atoms with E-state index in [-0.39, 0.29) is 5.78 Å². The Kier molecular flexibility index (Phi) is 3.23. The number of halogens is 1. The molecule has 1 rings (SSSR count). The van der Waals surface area contributed by atoms with Crippen molar-refractivity contribution in [2.24, 2.45) is 0 Å². The highest BCUT2D eigenvalue weighted by Crippen LogP contribution is 2.11. The first-order valence-corrected chi connectivity index (χ1v) is 4.42. The van der Waals surface area contributed by atoms with E-state index in [0.717, 1.165) is 10.0 Å². The van der Waals surface area contributed by atoms with Crippen molar-refractivity contribution in [2.75, 3.05) is 0 Å². The van der Waals surface area contributed by atoms with Gasteiger partial charge in [0.2, 0.25) is 0 Å². The van der Waals surface area contributed by atoms with Gasteiger partial charge in [0.15, 0.2) is 5.78 Å². The van der Waals surface area contributed by atoms with Crippen LogP contribution in [0.2, 0.25) is 0 Å². The van der Waals surface area contributed by atoms with Gasteiger partial charge >= 0.3 is 0 Å². The molecule has 1 aromatic carbocycles. The summed E-state index contributed by atoms with van der Waals surface area (Å²) in [7, 11) is 0. The molecule has 0 saturated heterocycles. The Morgan fingerprint density at radius 1 is 1.33 bits per heavy atom. The number of carbonyl (C=O) groups is 1. The standard InChI is InChI=1S/C10H9BrO/c1-8(12)2-3-9-4-6-10(11)7-5-9/h2-7H,1H3/b3-2-. The SMILES string of the molecule is CC(=O)/C=C\c1ccc(Br)cc1. The molecular formula is C10H9BrO. The molecule has 0 aliphatic carbocycles. The number of hydrogen-bond donors (Lipinski definition) is 0. The van der Waals surface area contributed by atoms with Crippen LogP contribution in [0.25, 0.3) is 6.08 Å². The first kappa shape index (κ1) is 9.20. The lowest BCUT2D eigenvalue weighted by molar-refractivity contribution is -0.112. The van der Waals surface area contributed by atoms with Crippen LogP contribution < -0.4 is 0 Å². The zero-order valence-corrected chi connectivity index (χ0v) is 8.34. The lowest BCUT2D eigenvalue weighted by Crippen LogP contribution is -1.79. The summed E-state index contributed by atoms with van der Waals surface area (Å²) in [5.74, 6) is 0.0675. The average Bonchev–Trinajstić information content (AvgIpc) is 2.03. The van der Waals surface area contributed by atoms with E-state index in [1.165, 1.54) is 6.92 Å². The molecule has 12 heavy (non-hydrogen) atoms. The van der Waals surface area contributed by atoms with Crippen molar-refractivity contribution in [3.8, 4) is 0 Å². The summed E-state index contributed by atoms with van der Waals surface area (Å²) in [6.07, 6.45) is 3.36. The van der Waals surface area contributed by atoms with Gasteiger partial charge in [0.05, 0.1) is 0 Å². The van der Waals surface area contributed by atoms with Gasteiger partial charge < -0.3 is 0 Å². The van der Waals surface area contributed by atoms with Crippen LogP contribution in [0.1, 0.15) is 12.5 Å². The van der Waals surface area contributed by atoms with Crippen LogP contribution in [0, 0.1) is 0 Å². The molecule has 0 radical (unpaired) electrons. The first-order valence-electron chi connectivity index (χ1n) is 3.63. The second-order valence-electron chi connectivity index (χ2n) is 2.50. The molecule has 0 saturated carbocycles. The van der Waals surface area contributed by atoms with Crippen molar-refractivity contribution in [3.63, 3.8) is 0 Å². The number of rotatable bonds is 2. The maximum atomic E-state index is 10.6. The lowest BCUT2D eigenvalue weighted by Gasteiger charge is -1.91. The molecule has 0 fully saturated rings. The Labute approximate surface area is 80.2 Å². The molecule has 0 aromatic heterocycles. The molecule has 1 aromatic rings. The van der Waals surface area contributed by atoms with Crippen LogP contribution in [0.15, 0.2) is 34.8 Å². The molecule has 0 unspecified atom stereocenters. The highest BCUT2D eigenvalue weighted by atomic mass is 79.9. The van der Waals surface area contributed by atoms with Gasteiger partial charge in [0.1, 0.15) is 0 Å². The third-order valence-corrected chi connectivity index (χ3v) is 1.91. The van der Waals surface area contributed by atoms with E-state index in [1.807, 2.05) is 24.3 Å². The quantitative estimate of drug-likeness (QED) is 0.707. The van der Waals surface area contributed by atoms with E-state index in [0.29, 0.717) is 0 Å².